The maximum atomic E-state index is 13.2. The van der Waals surface area contributed by atoms with E-state index in [1.807, 2.05) is 42.2 Å². The molecule has 2 amide bonds. The lowest BCUT2D eigenvalue weighted by molar-refractivity contribution is -0.187. The van der Waals surface area contributed by atoms with E-state index in [-0.39, 0.29) is 18.2 Å². The van der Waals surface area contributed by atoms with Crippen molar-refractivity contribution >= 4 is 11.8 Å². The molecule has 0 radical (unpaired) electrons. The van der Waals surface area contributed by atoms with Gasteiger partial charge in [0.25, 0.3) is 5.91 Å². The van der Waals surface area contributed by atoms with E-state index in [0.29, 0.717) is 69.3 Å². The molecule has 0 N–H and O–H groups in total. The molecule has 2 aliphatic rings. The van der Waals surface area contributed by atoms with Gasteiger partial charge in [0.2, 0.25) is 5.91 Å². The second kappa shape index (κ2) is 9.24. The van der Waals surface area contributed by atoms with E-state index in [4.69, 9.17) is 13.9 Å². The normalized spacial score (nSPS) is 17.8. The van der Waals surface area contributed by atoms with E-state index in [0.717, 1.165) is 5.56 Å². The minimum Gasteiger partial charge on any atom is -0.466 e. The highest BCUT2D eigenvalue weighted by Crippen LogP contribution is 2.31. The lowest BCUT2D eigenvalue weighted by Crippen LogP contribution is -2.48. The number of nitrogens with zero attached hydrogens (tertiary/aromatic N) is 2. The molecule has 2 aromatic rings. The molecular weight excluding hydrogens is 396 g/mol. The zero-order valence-corrected chi connectivity index (χ0v) is 18.3. The molecule has 2 fully saturated rings. The third-order valence-electron chi connectivity index (χ3n) is 6.06. The van der Waals surface area contributed by atoms with Crippen LogP contribution in [0.25, 0.3) is 0 Å². The minimum absolute atomic E-state index is 0.0544. The number of furan rings is 1. The second-order valence-corrected chi connectivity index (χ2v) is 8.28. The Morgan fingerprint density at radius 3 is 2.35 bits per heavy atom. The molecule has 7 nitrogen and oxygen atoms in total. The van der Waals surface area contributed by atoms with E-state index in [1.165, 1.54) is 0 Å². The van der Waals surface area contributed by atoms with Crippen molar-refractivity contribution in [2.24, 2.45) is 0 Å². The van der Waals surface area contributed by atoms with Crippen LogP contribution in [0.4, 0.5) is 0 Å². The smallest absolute Gasteiger partial charge is 0.257 e. The number of benzene rings is 1. The number of likely N-dealkylation sites (tertiary alicyclic amines) is 1. The Morgan fingerprint density at radius 1 is 1.06 bits per heavy atom. The maximum Gasteiger partial charge on any atom is 0.257 e. The first-order valence-electron chi connectivity index (χ1n) is 10.9. The van der Waals surface area contributed by atoms with Crippen molar-refractivity contribution in [3.05, 3.63) is 59.0 Å². The molecule has 7 heteroatoms. The van der Waals surface area contributed by atoms with Crippen molar-refractivity contribution in [2.45, 2.75) is 45.4 Å². The fourth-order valence-electron chi connectivity index (χ4n) is 4.34. The average Bonchev–Trinajstić information content (AvgIpc) is 3.37. The topological polar surface area (TPSA) is 72.2 Å². The highest BCUT2D eigenvalue weighted by molar-refractivity contribution is 5.95. The summed E-state index contributed by atoms with van der Waals surface area (Å²) in [6.07, 6.45) is 1.67. The summed E-state index contributed by atoms with van der Waals surface area (Å²) in [6.45, 7) is 6.90. The third kappa shape index (κ3) is 4.99. The average molecular weight is 427 g/mol. The van der Waals surface area contributed by atoms with Gasteiger partial charge in [0, 0.05) is 45.4 Å². The van der Waals surface area contributed by atoms with Crippen LogP contribution in [0.1, 0.15) is 46.7 Å². The Morgan fingerprint density at radius 2 is 1.74 bits per heavy atom. The number of aryl methyl sites for hydroxylation is 2. The highest BCUT2D eigenvalue weighted by Gasteiger charge is 2.40. The first kappa shape index (κ1) is 21.6. The summed E-state index contributed by atoms with van der Waals surface area (Å²) in [7, 11) is 0. The van der Waals surface area contributed by atoms with Crippen molar-refractivity contribution in [3.63, 3.8) is 0 Å². The van der Waals surface area contributed by atoms with Crippen LogP contribution in [0.3, 0.4) is 0 Å². The molecule has 1 aromatic heterocycles. The fourth-order valence-corrected chi connectivity index (χ4v) is 4.34. The molecule has 0 unspecified atom stereocenters. The van der Waals surface area contributed by atoms with Gasteiger partial charge in [-0.05, 0) is 25.5 Å². The molecule has 1 aromatic carbocycles. The molecule has 3 heterocycles. The number of amides is 2. The zero-order valence-electron chi connectivity index (χ0n) is 18.3. The Bertz CT molecular complexity index is 907. The third-order valence-corrected chi connectivity index (χ3v) is 6.06. The molecule has 1 spiro atoms. The van der Waals surface area contributed by atoms with Crippen LogP contribution in [-0.2, 0) is 20.8 Å². The van der Waals surface area contributed by atoms with Gasteiger partial charge in [-0.2, -0.15) is 0 Å². The van der Waals surface area contributed by atoms with Crippen molar-refractivity contribution in [1.82, 2.24) is 9.80 Å². The summed E-state index contributed by atoms with van der Waals surface area (Å²) in [5.41, 5.74) is 1.58. The predicted molar refractivity (Wildman–Crippen MR) is 114 cm³/mol. The van der Waals surface area contributed by atoms with Gasteiger partial charge in [-0.25, -0.2) is 0 Å². The van der Waals surface area contributed by atoms with Gasteiger partial charge in [-0.15, -0.1) is 0 Å². The molecule has 0 bridgehead atoms. The molecular formula is C24H30N2O5. The maximum absolute atomic E-state index is 13.2. The highest BCUT2D eigenvalue weighted by atomic mass is 16.7. The molecule has 2 saturated heterocycles. The van der Waals surface area contributed by atoms with Gasteiger partial charge in [0.1, 0.15) is 11.5 Å². The van der Waals surface area contributed by atoms with Gasteiger partial charge in [-0.1, -0.05) is 30.3 Å². The van der Waals surface area contributed by atoms with Crippen molar-refractivity contribution in [1.29, 1.82) is 0 Å². The standard InChI is InChI=1S/C24H30N2O5/c1-18-16-21(19(2)31-18)23(28)26(17-20-6-4-3-5-7-20)11-8-22(27)25-12-9-24(10-13-25)29-14-15-30-24/h3-7,16H,8-15,17H2,1-2H3. The molecule has 0 aliphatic carbocycles. The number of rotatable bonds is 6. The zero-order chi connectivity index (χ0) is 21.8. The van der Waals surface area contributed by atoms with E-state index >= 15 is 0 Å². The number of hydrogen-bond acceptors (Lipinski definition) is 5. The summed E-state index contributed by atoms with van der Waals surface area (Å²) in [5.74, 6) is 0.748. The minimum atomic E-state index is -0.497. The Balaban J connectivity index is 1.40. The van der Waals surface area contributed by atoms with Gasteiger partial charge in [-0.3, -0.25) is 9.59 Å². The first-order valence-corrected chi connectivity index (χ1v) is 10.9. The van der Waals surface area contributed by atoms with Crippen molar-refractivity contribution in [3.8, 4) is 0 Å². The first-order chi connectivity index (χ1) is 15.0. The van der Waals surface area contributed by atoms with Gasteiger partial charge in [0.15, 0.2) is 5.79 Å². The molecule has 0 saturated carbocycles. The summed E-state index contributed by atoms with van der Waals surface area (Å²) >= 11 is 0. The Hall–Kier alpha value is -2.64. The monoisotopic (exact) mass is 426 g/mol. The summed E-state index contributed by atoms with van der Waals surface area (Å²) in [4.78, 5) is 29.7. The lowest BCUT2D eigenvalue weighted by atomic mass is 10.0. The summed E-state index contributed by atoms with van der Waals surface area (Å²) < 4.78 is 17.0. The number of piperidine rings is 1. The van der Waals surface area contributed by atoms with Crippen molar-refractivity contribution < 1.29 is 23.5 Å². The number of carbonyl (C=O) groups is 2. The summed E-state index contributed by atoms with van der Waals surface area (Å²) in [6, 6.07) is 11.6. The van der Waals surface area contributed by atoms with E-state index in [9.17, 15) is 9.59 Å². The molecule has 4 rings (SSSR count). The van der Waals surface area contributed by atoms with Gasteiger partial charge in [0.05, 0.1) is 18.8 Å². The molecule has 31 heavy (non-hydrogen) atoms. The van der Waals surface area contributed by atoms with E-state index < -0.39 is 5.79 Å². The van der Waals surface area contributed by atoms with E-state index in [2.05, 4.69) is 0 Å². The number of ether oxygens (including phenoxy) is 2. The van der Waals surface area contributed by atoms with Gasteiger partial charge < -0.3 is 23.7 Å². The number of carbonyl (C=O) groups excluding carboxylic acids is 2. The number of hydrogen-bond donors (Lipinski definition) is 0. The van der Waals surface area contributed by atoms with Gasteiger partial charge >= 0.3 is 0 Å². The van der Waals surface area contributed by atoms with E-state index in [1.54, 1.807) is 17.9 Å². The molecule has 2 aliphatic heterocycles. The molecule has 0 atom stereocenters. The predicted octanol–water partition coefficient (Wildman–Crippen LogP) is 3.29. The quantitative estimate of drug-likeness (QED) is 0.709. The van der Waals surface area contributed by atoms with Crippen LogP contribution < -0.4 is 0 Å². The van der Waals surface area contributed by atoms with Crippen molar-refractivity contribution in [2.75, 3.05) is 32.8 Å². The Kier molecular flexibility index (Phi) is 6.43. The van der Waals surface area contributed by atoms with Crippen LogP contribution in [0, 0.1) is 13.8 Å². The Labute approximate surface area is 182 Å². The summed E-state index contributed by atoms with van der Waals surface area (Å²) in [5, 5.41) is 0. The van der Waals surface area contributed by atoms with Crippen LogP contribution in [0.2, 0.25) is 0 Å². The fraction of sp³-hybridized carbons (Fsp3) is 0.500. The largest absolute Gasteiger partial charge is 0.466 e. The van der Waals surface area contributed by atoms with Crippen LogP contribution in [0.5, 0.6) is 0 Å². The SMILES string of the molecule is Cc1cc(C(=O)N(CCC(=O)N2CCC3(CC2)OCCO3)Cc2ccccc2)c(C)o1. The second-order valence-electron chi connectivity index (χ2n) is 8.28. The van der Waals surface area contributed by atoms with Crippen LogP contribution in [0.15, 0.2) is 40.8 Å². The van der Waals surface area contributed by atoms with Crippen LogP contribution >= 0.6 is 0 Å². The van der Waals surface area contributed by atoms with Crippen LogP contribution in [-0.4, -0.2) is 60.2 Å². The lowest BCUT2D eigenvalue weighted by Gasteiger charge is -2.37. The molecule has 166 valence electrons.